The highest BCUT2D eigenvalue weighted by Gasteiger charge is 2.13. The molecule has 0 amide bonds. The first-order valence-electron chi connectivity index (χ1n) is 4.47. The monoisotopic (exact) mass is 233 g/mol. The predicted octanol–water partition coefficient (Wildman–Crippen LogP) is 1.74. The summed E-state index contributed by atoms with van der Waals surface area (Å²) in [5.41, 5.74) is 0. The van der Waals surface area contributed by atoms with E-state index >= 15 is 0 Å². The van der Waals surface area contributed by atoms with Crippen molar-refractivity contribution in [3.8, 4) is 0 Å². The lowest BCUT2D eigenvalue weighted by atomic mass is 10.2. The van der Waals surface area contributed by atoms with Crippen LogP contribution in [-0.2, 0) is 0 Å². The minimum atomic E-state index is -0.164. The number of nitrogens with zero attached hydrogens (tertiary/aromatic N) is 1. The van der Waals surface area contributed by atoms with Crippen LogP contribution in [0.3, 0.4) is 0 Å². The molecular formula is C9H16BrNO. The molecule has 1 rings (SSSR count). The van der Waals surface area contributed by atoms with Gasteiger partial charge in [0.05, 0.1) is 6.10 Å². The third-order valence-corrected chi connectivity index (χ3v) is 2.70. The molecule has 0 fully saturated rings. The van der Waals surface area contributed by atoms with Gasteiger partial charge in [0.2, 0.25) is 0 Å². The lowest BCUT2D eigenvalue weighted by Crippen LogP contribution is -2.35. The largest absolute Gasteiger partial charge is 0.392 e. The Labute approximate surface area is 82.4 Å². The summed E-state index contributed by atoms with van der Waals surface area (Å²) in [6.07, 6.45) is 3.98. The van der Waals surface area contributed by atoms with Gasteiger partial charge in [-0.2, -0.15) is 0 Å². The molecule has 70 valence electrons. The molecule has 2 nitrogen and oxygen atoms in total. The highest BCUT2D eigenvalue weighted by Crippen LogP contribution is 2.15. The van der Waals surface area contributed by atoms with Gasteiger partial charge in [0.25, 0.3) is 0 Å². The summed E-state index contributed by atoms with van der Waals surface area (Å²) in [6, 6.07) is 0. The molecular weight excluding hydrogens is 218 g/mol. The lowest BCUT2D eigenvalue weighted by Gasteiger charge is -2.26. The van der Waals surface area contributed by atoms with E-state index in [-0.39, 0.29) is 6.10 Å². The fourth-order valence-corrected chi connectivity index (χ4v) is 1.93. The first-order chi connectivity index (χ1) is 5.72. The quantitative estimate of drug-likeness (QED) is 0.804. The van der Waals surface area contributed by atoms with Crippen LogP contribution in [0.2, 0.25) is 0 Å². The maximum atomic E-state index is 9.42. The number of rotatable bonds is 3. The Morgan fingerprint density at radius 3 is 3.08 bits per heavy atom. The van der Waals surface area contributed by atoms with E-state index in [0.29, 0.717) is 0 Å². The minimum absolute atomic E-state index is 0.164. The highest BCUT2D eigenvalue weighted by molar-refractivity contribution is 9.11. The minimum Gasteiger partial charge on any atom is -0.392 e. The molecule has 1 aliphatic rings. The highest BCUT2D eigenvalue weighted by atomic mass is 79.9. The second-order valence-corrected chi connectivity index (χ2v) is 4.26. The molecule has 1 unspecified atom stereocenters. The van der Waals surface area contributed by atoms with Crippen molar-refractivity contribution in [3.05, 3.63) is 10.6 Å². The average Bonchev–Trinajstić information content (AvgIpc) is 2.04. The summed E-state index contributed by atoms with van der Waals surface area (Å²) in [6.45, 7) is 4.85. The van der Waals surface area contributed by atoms with Crippen LogP contribution in [0.4, 0.5) is 0 Å². The van der Waals surface area contributed by atoms with Crippen LogP contribution in [-0.4, -0.2) is 35.7 Å². The van der Waals surface area contributed by atoms with Gasteiger partial charge in [-0.05, 0) is 12.8 Å². The van der Waals surface area contributed by atoms with Crippen molar-refractivity contribution in [3.63, 3.8) is 0 Å². The molecule has 0 aromatic rings. The Hall–Kier alpha value is 0.140. The van der Waals surface area contributed by atoms with E-state index in [9.17, 15) is 5.11 Å². The van der Waals surface area contributed by atoms with Crippen LogP contribution in [0.1, 0.15) is 19.8 Å². The second-order valence-electron chi connectivity index (χ2n) is 3.24. The Kier molecular flexibility index (Phi) is 4.26. The van der Waals surface area contributed by atoms with E-state index in [4.69, 9.17) is 0 Å². The number of β-amino-alcohol motifs (C(OH)–C–C–N with tert-alkyl or cyclic N) is 1. The number of aliphatic hydroxyl groups excluding tert-OH is 1. The van der Waals surface area contributed by atoms with Gasteiger partial charge in [-0.3, -0.25) is 4.90 Å². The lowest BCUT2D eigenvalue weighted by molar-refractivity contribution is 0.114. The van der Waals surface area contributed by atoms with Crippen LogP contribution in [0, 0.1) is 0 Å². The molecule has 3 heteroatoms. The van der Waals surface area contributed by atoms with Crippen molar-refractivity contribution in [2.24, 2.45) is 0 Å². The summed E-state index contributed by atoms with van der Waals surface area (Å²) >= 11 is 3.48. The molecule has 0 aromatic heterocycles. The van der Waals surface area contributed by atoms with Gasteiger partial charge in [-0.1, -0.05) is 28.9 Å². The zero-order valence-corrected chi connectivity index (χ0v) is 9.05. The standard InChI is InChI=1S/C9H16BrNO/c1-2-9(12)7-11-5-3-4-8(10)6-11/h4,9,12H,2-3,5-7H2,1H3. The van der Waals surface area contributed by atoms with Crippen molar-refractivity contribution in [2.45, 2.75) is 25.9 Å². The summed E-state index contributed by atoms with van der Waals surface area (Å²) in [7, 11) is 0. The topological polar surface area (TPSA) is 23.5 Å². The molecule has 0 aliphatic carbocycles. The zero-order valence-electron chi connectivity index (χ0n) is 7.46. The van der Waals surface area contributed by atoms with Crippen molar-refractivity contribution in [1.82, 2.24) is 4.90 Å². The normalized spacial score (nSPS) is 22.1. The second kappa shape index (κ2) is 5.00. The van der Waals surface area contributed by atoms with Gasteiger partial charge in [0.15, 0.2) is 0 Å². The van der Waals surface area contributed by atoms with E-state index in [1.165, 1.54) is 4.48 Å². The van der Waals surface area contributed by atoms with Crippen LogP contribution in [0.25, 0.3) is 0 Å². The van der Waals surface area contributed by atoms with Gasteiger partial charge >= 0.3 is 0 Å². The first kappa shape index (κ1) is 10.2. The smallest absolute Gasteiger partial charge is 0.0664 e. The predicted molar refractivity (Wildman–Crippen MR) is 54.4 cm³/mol. The fourth-order valence-electron chi connectivity index (χ4n) is 1.34. The SMILES string of the molecule is CCC(O)CN1CCC=C(Br)C1. The van der Waals surface area contributed by atoms with Crippen molar-refractivity contribution in [1.29, 1.82) is 0 Å². The van der Waals surface area contributed by atoms with Crippen molar-refractivity contribution in [2.75, 3.05) is 19.6 Å². The summed E-state index contributed by atoms with van der Waals surface area (Å²) < 4.78 is 1.25. The van der Waals surface area contributed by atoms with Crippen LogP contribution < -0.4 is 0 Å². The Bertz CT molecular complexity index is 170. The Morgan fingerprint density at radius 2 is 2.50 bits per heavy atom. The molecule has 12 heavy (non-hydrogen) atoms. The molecule has 0 bridgehead atoms. The van der Waals surface area contributed by atoms with Crippen LogP contribution in [0.15, 0.2) is 10.6 Å². The molecule has 0 aromatic carbocycles. The van der Waals surface area contributed by atoms with Gasteiger partial charge < -0.3 is 5.11 Å². The van der Waals surface area contributed by atoms with Crippen LogP contribution in [0.5, 0.6) is 0 Å². The summed E-state index contributed by atoms with van der Waals surface area (Å²) in [5.74, 6) is 0. The number of halogens is 1. The third kappa shape index (κ3) is 3.25. The maximum Gasteiger partial charge on any atom is 0.0664 e. The number of hydrogen-bond donors (Lipinski definition) is 1. The number of aliphatic hydroxyl groups is 1. The van der Waals surface area contributed by atoms with E-state index < -0.39 is 0 Å². The molecule has 1 N–H and O–H groups in total. The van der Waals surface area contributed by atoms with Crippen molar-refractivity contribution >= 4 is 15.9 Å². The zero-order chi connectivity index (χ0) is 8.97. The van der Waals surface area contributed by atoms with Gasteiger partial charge in [0, 0.05) is 24.1 Å². The van der Waals surface area contributed by atoms with Crippen LogP contribution >= 0.6 is 15.9 Å². The molecule has 1 atom stereocenters. The van der Waals surface area contributed by atoms with Crippen molar-refractivity contribution < 1.29 is 5.11 Å². The molecule has 0 saturated carbocycles. The Balaban J connectivity index is 2.30. The molecule has 0 spiro atoms. The fraction of sp³-hybridized carbons (Fsp3) is 0.778. The van der Waals surface area contributed by atoms with Gasteiger partial charge in [-0.15, -0.1) is 0 Å². The Morgan fingerprint density at radius 1 is 1.75 bits per heavy atom. The molecule has 0 saturated heterocycles. The average molecular weight is 234 g/mol. The molecule has 0 radical (unpaired) electrons. The molecule has 1 heterocycles. The van der Waals surface area contributed by atoms with E-state index in [2.05, 4.69) is 26.9 Å². The third-order valence-electron chi connectivity index (χ3n) is 2.13. The first-order valence-corrected chi connectivity index (χ1v) is 5.26. The van der Waals surface area contributed by atoms with Gasteiger partial charge in [-0.25, -0.2) is 0 Å². The number of hydrogen-bond acceptors (Lipinski definition) is 2. The molecule has 1 aliphatic heterocycles. The maximum absolute atomic E-state index is 9.42. The van der Waals surface area contributed by atoms with E-state index in [1.807, 2.05) is 6.92 Å². The van der Waals surface area contributed by atoms with E-state index in [1.54, 1.807) is 0 Å². The summed E-state index contributed by atoms with van der Waals surface area (Å²) in [5, 5.41) is 9.42. The van der Waals surface area contributed by atoms with E-state index in [0.717, 1.165) is 32.5 Å². The van der Waals surface area contributed by atoms with Gasteiger partial charge in [0.1, 0.15) is 0 Å². The summed E-state index contributed by atoms with van der Waals surface area (Å²) in [4.78, 5) is 2.28.